The molecule has 1 fully saturated rings. The first-order valence-electron chi connectivity index (χ1n) is 5.81. The minimum absolute atomic E-state index is 0.226. The number of likely N-dealkylation sites (tertiary alicyclic amines) is 1. The van der Waals surface area contributed by atoms with Gasteiger partial charge in [0.15, 0.2) is 0 Å². The smallest absolute Gasteiger partial charge is 0.303 e. The lowest BCUT2D eigenvalue weighted by Crippen LogP contribution is -2.47. The van der Waals surface area contributed by atoms with Crippen LogP contribution in [-0.2, 0) is 4.79 Å². The lowest BCUT2D eigenvalue weighted by atomic mass is 9.90. The van der Waals surface area contributed by atoms with Crippen molar-refractivity contribution in [2.75, 3.05) is 19.6 Å². The fourth-order valence-corrected chi connectivity index (χ4v) is 2.38. The highest BCUT2D eigenvalue weighted by Gasteiger charge is 2.24. The Bertz CT molecular complexity index is 209. The van der Waals surface area contributed by atoms with Crippen molar-refractivity contribution in [2.45, 2.75) is 38.6 Å². The lowest BCUT2D eigenvalue weighted by Gasteiger charge is -2.36. The third-order valence-corrected chi connectivity index (χ3v) is 2.95. The van der Waals surface area contributed by atoms with Gasteiger partial charge in [-0.25, -0.2) is 0 Å². The molecule has 0 saturated carbocycles. The number of carbonyl (C=O) groups is 1. The number of aliphatic carboxylic acids is 1. The predicted molar refractivity (Wildman–Crippen MR) is 59.7 cm³/mol. The molecule has 0 aromatic carbocycles. The number of rotatable bonds is 5. The zero-order valence-corrected chi connectivity index (χ0v) is 9.48. The van der Waals surface area contributed by atoms with Gasteiger partial charge >= 0.3 is 5.97 Å². The molecule has 2 unspecified atom stereocenters. The molecule has 1 saturated heterocycles. The third-order valence-electron chi connectivity index (χ3n) is 2.95. The molecule has 0 aromatic rings. The maximum atomic E-state index is 10.5. The van der Waals surface area contributed by atoms with Gasteiger partial charge in [0.05, 0.1) is 0 Å². The van der Waals surface area contributed by atoms with Crippen molar-refractivity contribution in [1.82, 2.24) is 4.90 Å². The maximum Gasteiger partial charge on any atom is 0.303 e. The summed E-state index contributed by atoms with van der Waals surface area (Å²) in [5.41, 5.74) is 5.96. The minimum Gasteiger partial charge on any atom is -0.481 e. The van der Waals surface area contributed by atoms with E-state index in [1.54, 1.807) is 0 Å². The van der Waals surface area contributed by atoms with Gasteiger partial charge in [-0.1, -0.05) is 6.92 Å². The number of nitrogens with zero attached hydrogens (tertiary/aromatic N) is 1. The molecule has 1 aliphatic heterocycles. The van der Waals surface area contributed by atoms with Gasteiger partial charge in [-0.3, -0.25) is 4.79 Å². The Morgan fingerprint density at radius 1 is 1.53 bits per heavy atom. The summed E-state index contributed by atoms with van der Waals surface area (Å²) >= 11 is 0. The highest BCUT2D eigenvalue weighted by molar-refractivity contribution is 5.66. The normalized spacial score (nSPS) is 27.9. The van der Waals surface area contributed by atoms with E-state index in [9.17, 15) is 4.79 Å². The van der Waals surface area contributed by atoms with Crippen LogP contribution in [0.3, 0.4) is 0 Å². The number of piperidine rings is 1. The molecule has 4 nitrogen and oxygen atoms in total. The Morgan fingerprint density at radius 2 is 2.27 bits per heavy atom. The summed E-state index contributed by atoms with van der Waals surface area (Å²) in [5, 5.41) is 8.63. The molecule has 0 spiro atoms. The molecular weight excluding hydrogens is 192 g/mol. The van der Waals surface area contributed by atoms with Crippen molar-refractivity contribution in [3.63, 3.8) is 0 Å². The molecular formula is C11H22N2O2. The van der Waals surface area contributed by atoms with Gasteiger partial charge in [-0.05, 0) is 31.7 Å². The van der Waals surface area contributed by atoms with Crippen molar-refractivity contribution >= 4 is 5.97 Å². The minimum atomic E-state index is -0.698. The topological polar surface area (TPSA) is 66.6 Å². The SMILES string of the molecule is CCCN1CC(N)CC(CCC(=O)O)C1. The van der Waals surface area contributed by atoms with E-state index < -0.39 is 5.97 Å². The molecule has 0 radical (unpaired) electrons. The highest BCUT2D eigenvalue weighted by atomic mass is 16.4. The van der Waals surface area contributed by atoms with Gasteiger partial charge in [-0.15, -0.1) is 0 Å². The zero-order valence-electron chi connectivity index (χ0n) is 9.48. The van der Waals surface area contributed by atoms with E-state index in [4.69, 9.17) is 10.8 Å². The number of nitrogens with two attached hydrogens (primary N) is 1. The number of carboxylic acid groups (broad SMARTS) is 1. The van der Waals surface area contributed by atoms with Crippen molar-refractivity contribution in [3.8, 4) is 0 Å². The Morgan fingerprint density at radius 3 is 2.87 bits per heavy atom. The van der Waals surface area contributed by atoms with Crippen molar-refractivity contribution in [1.29, 1.82) is 0 Å². The molecule has 2 atom stereocenters. The molecule has 0 bridgehead atoms. The third kappa shape index (κ3) is 4.62. The van der Waals surface area contributed by atoms with Crippen LogP contribution in [0.2, 0.25) is 0 Å². The van der Waals surface area contributed by atoms with Crippen LogP contribution in [0.5, 0.6) is 0 Å². The molecule has 1 heterocycles. The van der Waals surface area contributed by atoms with Crippen LogP contribution in [-0.4, -0.2) is 41.7 Å². The van der Waals surface area contributed by atoms with Gasteiger partial charge in [-0.2, -0.15) is 0 Å². The lowest BCUT2D eigenvalue weighted by molar-refractivity contribution is -0.137. The summed E-state index contributed by atoms with van der Waals surface area (Å²) in [4.78, 5) is 12.8. The quantitative estimate of drug-likeness (QED) is 0.714. The van der Waals surface area contributed by atoms with E-state index in [0.29, 0.717) is 5.92 Å². The van der Waals surface area contributed by atoms with Gasteiger partial charge < -0.3 is 15.7 Å². The average Bonchev–Trinajstić information content (AvgIpc) is 2.14. The molecule has 4 heteroatoms. The average molecular weight is 214 g/mol. The van der Waals surface area contributed by atoms with Gasteiger partial charge in [0.25, 0.3) is 0 Å². The second kappa shape index (κ2) is 6.08. The summed E-state index contributed by atoms with van der Waals surface area (Å²) in [6.45, 7) is 5.23. The number of hydrogen-bond donors (Lipinski definition) is 2. The van der Waals surface area contributed by atoms with Crippen LogP contribution in [0.4, 0.5) is 0 Å². The second-order valence-corrected chi connectivity index (χ2v) is 4.55. The van der Waals surface area contributed by atoms with E-state index in [-0.39, 0.29) is 12.5 Å². The van der Waals surface area contributed by atoms with Crippen LogP contribution in [0, 0.1) is 5.92 Å². The molecule has 3 N–H and O–H groups in total. The van der Waals surface area contributed by atoms with Crippen LogP contribution in [0.25, 0.3) is 0 Å². The van der Waals surface area contributed by atoms with E-state index in [1.165, 1.54) is 0 Å². The van der Waals surface area contributed by atoms with E-state index in [1.807, 2.05) is 0 Å². The van der Waals surface area contributed by atoms with Gasteiger partial charge in [0.1, 0.15) is 0 Å². The van der Waals surface area contributed by atoms with Crippen LogP contribution < -0.4 is 5.73 Å². The predicted octanol–water partition coefficient (Wildman–Crippen LogP) is 0.910. The van der Waals surface area contributed by atoms with Gasteiger partial charge in [0, 0.05) is 25.6 Å². The van der Waals surface area contributed by atoms with Crippen molar-refractivity contribution in [3.05, 3.63) is 0 Å². The Hall–Kier alpha value is -0.610. The second-order valence-electron chi connectivity index (χ2n) is 4.55. The molecule has 15 heavy (non-hydrogen) atoms. The molecule has 88 valence electrons. The van der Waals surface area contributed by atoms with Crippen molar-refractivity contribution in [2.24, 2.45) is 11.7 Å². The largest absolute Gasteiger partial charge is 0.481 e. The molecule has 0 aliphatic carbocycles. The fraction of sp³-hybridized carbons (Fsp3) is 0.909. The fourth-order valence-electron chi connectivity index (χ4n) is 2.38. The van der Waals surface area contributed by atoms with Gasteiger partial charge in [0.2, 0.25) is 0 Å². The first-order valence-corrected chi connectivity index (χ1v) is 5.81. The van der Waals surface area contributed by atoms with Crippen LogP contribution in [0.15, 0.2) is 0 Å². The van der Waals surface area contributed by atoms with E-state index in [0.717, 1.165) is 38.9 Å². The summed E-state index contributed by atoms with van der Waals surface area (Å²) in [6.07, 6.45) is 3.16. The molecule has 0 aromatic heterocycles. The van der Waals surface area contributed by atoms with Crippen molar-refractivity contribution < 1.29 is 9.90 Å². The molecule has 1 aliphatic rings. The van der Waals surface area contributed by atoms with Crippen LogP contribution >= 0.6 is 0 Å². The molecule has 1 rings (SSSR count). The summed E-state index contributed by atoms with van der Waals surface area (Å²) in [5.74, 6) is -0.229. The maximum absolute atomic E-state index is 10.5. The standard InChI is InChI=1S/C11H22N2O2/c1-2-5-13-7-9(3-4-11(14)15)6-10(12)8-13/h9-10H,2-8,12H2,1H3,(H,14,15). The Balaban J connectivity index is 2.34. The molecule has 0 amide bonds. The van der Waals surface area contributed by atoms with E-state index >= 15 is 0 Å². The summed E-state index contributed by atoms with van der Waals surface area (Å²) in [6, 6.07) is 0.226. The number of carboxylic acids is 1. The monoisotopic (exact) mass is 214 g/mol. The van der Waals surface area contributed by atoms with E-state index in [2.05, 4.69) is 11.8 Å². The number of hydrogen-bond acceptors (Lipinski definition) is 3. The summed E-state index contributed by atoms with van der Waals surface area (Å²) in [7, 11) is 0. The summed E-state index contributed by atoms with van der Waals surface area (Å²) < 4.78 is 0. The highest BCUT2D eigenvalue weighted by Crippen LogP contribution is 2.20. The zero-order chi connectivity index (χ0) is 11.3. The van der Waals surface area contributed by atoms with Crippen LogP contribution in [0.1, 0.15) is 32.6 Å². The Kier molecular flexibility index (Phi) is 5.05. The Labute approximate surface area is 91.4 Å². The first-order chi connectivity index (χ1) is 7.11. The first kappa shape index (κ1) is 12.5.